The van der Waals surface area contributed by atoms with Gasteiger partial charge in [0.2, 0.25) is 0 Å². The number of hydrogen-bond acceptors (Lipinski definition) is 5. The smallest absolute Gasteiger partial charge is 0.343 e. The summed E-state index contributed by atoms with van der Waals surface area (Å²) < 4.78 is 10.1. The minimum Gasteiger partial charge on any atom is -0.462 e. The number of nitrogens with zero attached hydrogens (tertiary/aromatic N) is 2. The van der Waals surface area contributed by atoms with Crippen LogP contribution in [0.5, 0.6) is 0 Å². The number of rotatable bonds is 4. The van der Waals surface area contributed by atoms with Crippen molar-refractivity contribution in [3.05, 3.63) is 47.1 Å². The highest BCUT2D eigenvalue weighted by Gasteiger charge is 2.19. The fourth-order valence-electron chi connectivity index (χ4n) is 1.75. The molecule has 0 N–H and O–H groups in total. The highest BCUT2D eigenvalue weighted by Crippen LogP contribution is 2.19. The van der Waals surface area contributed by atoms with E-state index < -0.39 is 5.97 Å². The standard InChI is InChI=1S/C15H16N2O3/c1-4-19-15(18)13(14-16-11(3)17-20-14)9-12-7-5-6-10(2)8-12/h5-9H,4H2,1-3H3. The average Bonchev–Trinajstić information content (AvgIpc) is 2.83. The summed E-state index contributed by atoms with van der Waals surface area (Å²) in [6.45, 7) is 5.72. The highest BCUT2D eigenvalue weighted by molar-refractivity contribution is 6.20. The zero-order valence-corrected chi connectivity index (χ0v) is 11.7. The van der Waals surface area contributed by atoms with Gasteiger partial charge >= 0.3 is 5.97 Å². The molecule has 0 aliphatic heterocycles. The number of benzene rings is 1. The predicted octanol–water partition coefficient (Wildman–Crippen LogP) is 2.79. The molecule has 5 nitrogen and oxygen atoms in total. The molecule has 2 aromatic rings. The molecule has 104 valence electrons. The van der Waals surface area contributed by atoms with Crippen molar-refractivity contribution in [1.29, 1.82) is 0 Å². The van der Waals surface area contributed by atoms with Crippen molar-refractivity contribution in [2.75, 3.05) is 6.61 Å². The summed E-state index contributed by atoms with van der Waals surface area (Å²) in [4.78, 5) is 16.1. The van der Waals surface area contributed by atoms with Crippen LogP contribution in [0.25, 0.3) is 11.6 Å². The van der Waals surface area contributed by atoms with Gasteiger partial charge in [-0.3, -0.25) is 0 Å². The maximum Gasteiger partial charge on any atom is 0.343 e. The fourth-order valence-corrected chi connectivity index (χ4v) is 1.75. The summed E-state index contributed by atoms with van der Waals surface area (Å²) in [5.74, 6) is 0.166. The van der Waals surface area contributed by atoms with Crippen molar-refractivity contribution in [3.8, 4) is 0 Å². The van der Waals surface area contributed by atoms with Gasteiger partial charge in [-0.1, -0.05) is 35.0 Å². The number of aryl methyl sites for hydroxylation is 2. The Morgan fingerprint density at radius 2 is 2.20 bits per heavy atom. The van der Waals surface area contributed by atoms with Gasteiger partial charge < -0.3 is 9.26 Å². The first-order chi connectivity index (χ1) is 9.60. The van der Waals surface area contributed by atoms with Crippen molar-refractivity contribution in [2.24, 2.45) is 0 Å². The molecule has 0 fully saturated rings. The van der Waals surface area contributed by atoms with Crippen LogP contribution < -0.4 is 0 Å². The molecule has 0 aliphatic carbocycles. The van der Waals surface area contributed by atoms with Gasteiger partial charge in [0.25, 0.3) is 5.89 Å². The Kier molecular flexibility index (Phi) is 4.30. The van der Waals surface area contributed by atoms with Crippen LogP contribution in [0.3, 0.4) is 0 Å². The van der Waals surface area contributed by atoms with Gasteiger partial charge in [-0.05, 0) is 32.4 Å². The first kappa shape index (κ1) is 14.0. The van der Waals surface area contributed by atoms with Crippen molar-refractivity contribution in [1.82, 2.24) is 10.1 Å². The lowest BCUT2D eigenvalue weighted by Gasteiger charge is -2.03. The van der Waals surface area contributed by atoms with Crippen LogP contribution in [-0.4, -0.2) is 22.7 Å². The lowest BCUT2D eigenvalue weighted by molar-refractivity contribution is -0.136. The monoisotopic (exact) mass is 272 g/mol. The molecule has 20 heavy (non-hydrogen) atoms. The van der Waals surface area contributed by atoms with Crippen LogP contribution in [0.4, 0.5) is 0 Å². The minimum absolute atomic E-state index is 0.169. The summed E-state index contributed by atoms with van der Waals surface area (Å²) in [7, 11) is 0. The van der Waals surface area contributed by atoms with Gasteiger partial charge in [0.1, 0.15) is 5.57 Å². The van der Waals surface area contributed by atoms with E-state index >= 15 is 0 Å². The predicted molar refractivity (Wildman–Crippen MR) is 74.7 cm³/mol. The molecule has 0 radical (unpaired) electrons. The molecular formula is C15H16N2O3. The zero-order chi connectivity index (χ0) is 14.5. The molecule has 0 unspecified atom stereocenters. The third kappa shape index (κ3) is 3.32. The second-order valence-electron chi connectivity index (χ2n) is 4.34. The molecule has 0 saturated carbocycles. The molecule has 1 aromatic carbocycles. The van der Waals surface area contributed by atoms with E-state index in [1.807, 2.05) is 31.2 Å². The maximum absolute atomic E-state index is 12.0. The Morgan fingerprint density at radius 3 is 2.80 bits per heavy atom. The van der Waals surface area contributed by atoms with Gasteiger partial charge in [-0.2, -0.15) is 4.98 Å². The Morgan fingerprint density at radius 1 is 1.40 bits per heavy atom. The number of esters is 1. The van der Waals surface area contributed by atoms with Crippen molar-refractivity contribution in [2.45, 2.75) is 20.8 Å². The molecule has 0 atom stereocenters. The molecule has 0 spiro atoms. The van der Waals surface area contributed by atoms with Gasteiger partial charge in [-0.25, -0.2) is 4.79 Å². The number of hydrogen-bond donors (Lipinski definition) is 0. The lowest BCUT2D eigenvalue weighted by atomic mass is 10.1. The van der Waals surface area contributed by atoms with Crippen LogP contribution in [0.15, 0.2) is 28.8 Å². The Bertz CT molecular complexity index is 644. The summed E-state index contributed by atoms with van der Waals surface area (Å²) >= 11 is 0. The van der Waals surface area contributed by atoms with Crippen molar-refractivity contribution < 1.29 is 14.1 Å². The first-order valence-corrected chi connectivity index (χ1v) is 6.36. The fraction of sp³-hybridized carbons (Fsp3) is 0.267. The summed E-state index contributed by atoms with van der Waals surface area (Å²) in [5, 5.41) is 3.70. The van der Waals surface area contributed by atoms with Gasteiger partial charge in [-0.15, -0.1) is 0 Å². The molecule has 0 bridgehead atoms. The van der Waals surface area contributed by atoms with E-state index in [4.69, 9.17) is 9.26 Å². The molecule has 1 aromatic heterocycles. The van der Waals surface area contributed by atoms with E-state index in [-0.39, 0.29) is 18.1 Å². The molecule has 1 heterocycles. The molecule has 5 heteroatoms. The Balaban J connectivity index is 2.43. The van der Waals surface area contributed by atoms with Gasteiger partial charge in [0.05, 0.1) is 6.61 Å². The maximum atomic E-state index is 12.0. The van der Waals surface area contributed by atoms with E-state index in [9.17, 15) is 4.79 Å². The Labute approximate surface area is 117 Å². The van der Waals surface area contributed by atoms with Crippen molar-refractivity contribution in [3.63, 3.8) is 0 Å². The molecule has 0 amide bonds. The quantitative estimate of drug-likeness (QED) is 0.632. The molecule has 0 saturated heterocycles. The van der Waals surface area contributed by atoms with Gasteiger partial charge in [0, 0.05) is 0 Å². The SMILES string of the molecule is CCOC(=O)C(=Cc1cccc(C)c1)c1nc(C)no1. The average molecular weight is 272 g/mol. The van der Waals surface area contributed by atoms with E-state index in [1.165, 1.54) is 0 Å². The zero-order valence-electron chi connectivity index (χ0n) is 11.7. The van der Waals surface area contributed by atoms with Crippen LogP contribution in [-0.2, 0) is 9.53 Å². The number of aromatic nitrogens is 2. The van der Waals surface area contributed by atoms with E-state index in [1.54, 1.807) is 19.9 Å². The van der Waals surface area contributed by atoms with E-state index in [0.29, 0.717) is 5.82 Å². The lowest BCUT2D eigenvalue weighted by Crippen LogP contribution is -2.07. The summed E-state index contributed by atoms with van der Waals surface area (Å²) in [6.07, 6.45) is 1.69. The Hall–Kier alpha value is -2.43. The molecule has 0 aliphatic rings. The topological polar surface area (TPSA) is 65.2 Å². The molecule has 2 rings (SSSR count). The number of carbonyl (C=O) groups excluding carboxylic acids is 1. The van der Waals surface area contributed by atoms with Crippen LogP contribution >= 0.6 is 0 Å². The second kappa shape index (κ2) is 6.14. The first-order valence-electron chi connectivity index (χ1n) is 6.36. The molecular weight excluding hydrogens is 256 g/mol. The largest absolute Gasteiger partial charge is 0.462 e. The number of carbonyl (C=O) groups is 1. The van der Waals surface area contributed by atoms with Crippen molar-refractivity contribution >= 4 is 17.6 Å². The second-order valence-corrected chi connectivity index (χ2v) is 4.34. The summed E-state index contributed by atoms with van der Waals surface area (Å²) in [5.41, 5.74) is 2.24. The van der Waals surface area contributed by atoms with Crippen LogP contribution in [0.1, 0.15) is 29.8 Å². The van der Waals surface area contributed by atoms with Crippen LogP contribution in [0.2, 0.25) is 0 Å². The third-order valence-corrected chi connectivity index (χ3v) is 2.61. The third-order valence-electron chi connectivity index (χ3n) is 2.61. The van der Waals surface area contributed by atoms with E-state index in [0.717, 1.165) is 11.1 Å². The highest BCUT2D eigenvalue weighted by atomic mass is 16.5. The summed E-state index contributed by atoms with van der Waals surface area (Å²) in [6, 6.07) is 7.76. The number of ether oxygens (including phenoxy) is 1. The normalized spacial score (nSPS) is 11.4. The van der Waals surface area contributed by atoms with Crippen LogP contribution in [0, 0.1) is 13.8 Å². The van der Waals surface area contributed by atoms with E-state index in [2.05, 4.69) is 10.1 Å². The minimum atomic E-state index is -0.474. The van der Waals surface area contributed by atoms with Gasteiger partial charge in [0.15, 0.2) is 5.82 Å².